The van der Waals surface area contributed by atoms with Crippen molar-refractivity contribution in [1.29, 1.82) is 0 Å². The number of nitrogens with zero attached hydrogens (tertiary/aromatic N) is 2. The van der Waals surface area contributed by atoms with Crippen LogP contribution in [0, 0.1) is 13.8 Å². The number of imidazole rings is 1. The van der Waals surface area contributed by atoms with Crippen molar-refractivity contribution in [2.75, 3.05) is 10.6 Å². The topological polar surface area (TPSA) is 57.9 Å². The highest BCUT2D eigenvalue weighted by Gasteiger charge is 2.19. The molecule has 124 valence electrons. The van der Waals surface area contributed by atoms with Crippen LogP contribution in [0.2, 0.25) is 0 Å². The van der Waals surface area contributed by atoms with Crippen LogP contribution in [0.25, 0.3) is 11.0 Å². The Hall–Kier alpha value is -3.27. The molecule has 0 saturated heterocycles. The third-order valence-electron chi connectivity index (χ3n) is 4.38. The first kappa shape index (κ1) is 15.3. The molecule has 0 fully saturated rings. The third-order valence-corrected chi connectivity index (χ3v) is 4.38. The van der Waals surface area contributed by atoms with E-state index in [1.54, 1.807) is 0 Å². The van der Waals surface area contributed by atoms with Gasteiger partial charge in [0.2, 0.25) is 5.95 Å². The Bertz CT molecular complexity index is 995. The molecule has 0 saturated carbocycles. The van der Waals surface area contributed by atoms with Gasteiger partial charge in [-0.3, -0.25) is 4.90 Å². The van der Waals surface area contributed by atoms with Gasteiger partial charge in [0.15, 0.2) is 0 Å². The quantitative estimate of drug-likeness (QED) is 0.506. The summed E-state index contributed by atoms with van der Waals surface area (Å²) in [6.45, 7) is 4.23. The molecule has 4 nitrogen and oxygen atoms in total. The van der Waals surface area contributed by atoms with Gasteiger partial charge in [0.05, 0.1) is 22.4 Å². The zero-order chi connectivity index (χ0) is 17.4. The van der Waals surface area contributed by atoms with Crippen LogP contribution in [0.15, 0.2) is 66.7 Å². The monoisotopic (exact) mass is 328 g/mol. The smallest absolute Gasteiger partial charge is 0.213 e. The van der Waals surface area contributed by atoms with Gasteiger partial charge in [-0.2, -0.15) is 0 Å². The highest BCUT2D eigenvalue weighted by molar-refractivity contribution is 5.84. The van der Waals surface area contributed by atoms with Gasteiger partial charge < -0.3 is 10.7 Å². The third kappa shape index (κ3) is 2.72. The number of nitrogens with one attached hydrogen (secondary N) is 1. The number of aromatic amines is 1. The second kappa shape index (κ2) is 5.98. The largest absolute Gasteiger partial charge is 0.399 e. The second-order valence-corrected chi connectivity index (χ2v) is 6.25. The zero-order valence-corrected chi connectivity index (χ0v) is 14.3. The Morgan fingerprint density at radius 3 is 2.32 bits per heavy atom. The Morgan fingerprint density at radius 2 is 1.60 bits per heavy atom. The van der Waals surface area contributed by atoms with E-state index in [1.165, 1.54) is 11.1 Å². The molecule has 4 aromatic rings. The molecule has 0 unspecified atom stereocenters. The van der Waals surface area contributed by atoms with E-state index in [0.29, 0.717) is 0 Å². The number of nitrogen functional groups attached to an aromatic ring is 1. The van der Waals surface area contributed by atoms with E-state index in [2.05, 4.69) is 48.0 Å². The van der Waals surface area contributed by atoms with E-state index in [4.69, 9.17) is 10.7 Å². The first-order valence-corrected chi connectivity index (χ1v) is 8.30. The predicted octanol–water partition coefficient (Wildman–Crippen LogP) is 5.23. The summed E-state index contributed by atoms with van der Waals surface area (Å²) in [5, 5.41) is 0. The minimum absolute atomic E-state index is 0.727. The lowest BCUT2D eigenvalue weighted by Gasteiger charge is -2.26. The molecule has 4 rings (SSSR count). The van der Waals surface area contributed by atoms with Crippen LogP contribution in [0.4, 0.5) is 23.0 Å². The van der Waals surface area contributed by atoms with E-state index in [0.717, 1.165) is 34.0 Å². The molecular formula is C21H20N4. The van der Waals surface area contributed by atoms with E-state index >= 15 is 0 Å². The molecule has 0 aliphatic rings. The number of benzene rings is 3. The van der Waals surface area contributed by atoms with Gasteiger partial charge >= 0.3 is 0 Å². The number of hydrogen-bond donors (Lipinski definition) is 2. The number of anilines is 4. The van der Waals surface area contributed by atoms with Crippen molar-refractivity contribution in [3.63, 3.8) is 0 Å². The van der Waals surface area contributed by atoms with Crippen molar-refractivity contribution in [3.8, 4) is 0 Å². The van der Waals surface area contributed by atoms with Crippen molar-refractivity contribution in [2.24, 2.45) is 0 Å². The predicted molar refractivity (Wildman–Crippen MR) is 105 cm³/mol. The molecule has 3 N–H and O–H groups in total. The molecule has 0 bridgehead atoms. The van der Waals surface area contributed by atoms with Gasteiger partial charge in [-0.1, -0.05) is 36.4 Å². The van der Waals surface area contributed by atoms with E-state index < -0.39 is 0 Å². The van der Waals surface area contributed by atoms with Crippen LogP contribution in [0.3, 0.4) is 0 Å². The van der Waals surface area contributed by atoms with Crippen molar-refractivity contribution in [3.05, 3.63) is 77.9 Å². The number of fused-ring (bicyclic) bond motifs is 1. The molecule has 1 aromatic heterocycles. The zero-order valence-electron chi connectivity index (χ0n) is 14.3. The lowest BCUT2D eigenvalue weighted by atomic mass is 10.1. The fourth-order valence-electron chi connectivity index (χ4n) is 3.22. The van der Waals surface area contributed by atoms with Gasteiger partial charge in [0, 0.05) is 5.69 Å². The maximum atomic E-state index is 6.05. The summed E-state index contributed by atoms with van der Waals surface area (Å²) in [5.74, 6) is 0.782. The number of aryl methyl sites for hydroxylation is 2. The lowest BCUT2D eigenvalue weighted by molar-refractivity contribution is 1.13. The molecule has 0 spiro atoms. The van der Waals surface area contributed by atoms with Gasteiger partial charge in [-0.15, -0.1) is 0 Å². The molecule has 0 atom stereocenters. The Kier molecular flexibility index (Phi) is 3.65. The highest BCUT2D eigenvalue weighted by atomic mass is 15.3. The van der Waals surface area contributed by atoms with E-state index in [-0.39, 0.29) is 0 Å². The molecule has 0 amide bonds. The lowest BCUT2D eigenvalue weighted by Crippen LogP contribution is -2.14. The van der Waals surface area contributed by atoms with E-state index in [9.17, 15) is 0 Å². The Labute approximate surface area is 146 Å². The maximum Gasteiger partial charge on any atom is 0.213 e. The summed E-state index contributed by atoms with van der Waals surface area (Å²) >= 11 is 0. The average molecular weight is 328 g/mol. The molecule has 3 aromatic carbocycles. The fourth-order valence-corrected chi connectivity index (χ4v) is 3.22. The van der Waals surface area contributed by atoms with Gasteiger partial charge in [-0.25, -0.2) is 4.98 Å². The number of nitrogens with two attached hydrogens (primary N) is 1. The number of rotatable bonds is 3. The van der Waals surface area contributed by atoms with E-state index in [1.807, 2.05) is 42.5 Å². The normalized spacial score (nSPS) is 11.0. The first-order valence-electron chi connectivity index (χ1n) is 8.30. The van der Waals surface area contributed by atoms with Gasteiger partial charge in [0.25, 0.3) is 0 Å². The molecule has 4 heteroatoms. The number of hydrogen-bond acceptors (Lipinski definition) is 3. The number of para-hydroxylation sites is 3. The average Bonchev–Trinajstić information content (AvgIpc) is 3.01. The van der Waals surface area contributed by atoms with Crippen molar-refractivity contribution in [1.82, 2.24) is 9.97 Å². The minimum atomic E-state index is 0.727. The summed E-state index contributed by atoms with van der Waals surface area (Å²) < 4.78 is 0. The van der Waals surface area contributed by atoms with Crippen LogP contribution in [0.1, 0.15) is 11.1 Å². The van der Waals surface area contributed by atoms with Crippen molar-refractivity contribution in [2.45, 2.75) is 13.8 Å². The van der Waals surface area contributed by atoms with Gasteiger partial charge in [0.1, 0.15) is 0 Å². The molecule has 0 radical (unpaired) electrons. The first-order chi connectivity index (χ1) is 12.1. The highest BCUT2D eigenvalue weighted by Crippen LogP contribution is 2.38. The summed E-state index contributed by atoms with van der Waals surface area (Å²) in [6, 6.07) is 22.2. The number of H-pyrrole nitrogens is 1. The van der Waals surface area contributed by atoms with Crippen molar-refractivity contribution < 1.29 is 0 Å². The van der Waals surface area contributed by atoms with Crippen LogP contribution in [-0.2, 0) is 0 Å². The molecule has 1 heterocycles. The number of aromatic nitrogens is 2. The summed E-state index contributed by atoms with van der Waals surface area (Å²) in [4.78, 5) is 10.4. The molecule has 0 aliphatic carbocycles. The molecule has 0 aliphatic heterocycles. The SMILES string of the molecule is Cc1cccc(C)c1N(c1cccc(N)c1)c1nc2ccccc2[nH]1. The van der Waals surface area contributed by atoms with Crippen molar-refractivity contribution >= 4 is 34.0 Å². The summed E-state index contributed by atoms with van der Waals surface area (Å²) in [7, 11) is 0. The summed E-state index contributed by atoms with van der Waals surface area (Å²) in [6.07, 6.45) is 0. The second-order valence-electron chi connectivity index (χ2n) is 6.25. The standard InChI is InChI=1S/C21H20N4/c1-14-7-5-8-15(2)20(14)25(17-10-6-9-16(22)13-17)21-23-18-11-3-4-12-19(18)24-21/h3-13H,22H2,1-2H3,(H,23,24). The fraction of sp³-hybridized carbons (Fsp3) is 0.0952. The van der Waals surface area contributed by atoms with Gasteiger partial charge in [-0.05, 0) is 55.3 Å². The van der Waals surface area contributed by atoms with Crippen LogP contribution in [0.5, 0.6) is 0 Å². The maximum absolute atomic E-state index is 6.05. The van der Waals surface area contributed by atoms with Crippen LogP contribution in [-0.4, -0.2) is 9.97 Å². The van der Waals surface area contributed by atoms with Crippen LogP contribution < -0.4 is 10.6 Å². The molecular weight excluding hydrogens is 308 g/mol. The minimum Gasteiger partial charge on any atom is -0.399 e. The molecule has 25 heavy (non-hydrogen) atoms. The van der Waals surface area contributed by atoms with Crippen LogP contribution >= 0.6 is 0 Å². The Balaban J connectivity index is 1.98. The summed E-state index contributed by atoms with van der Waals surface area (Å²) in [5.41, 5.74) is 13.2. The Morgan fingerprint density at radius 1 is 0.880 bits per heavy atom.